The van der Waals surface area contributed by atoms with Gasteiger partial charge in [0, 0.05) is 6.54 Å². The van der Waals surface area contributed by atoms with Crippen LogP contribution in [0.4, 0.5) is 13.2 Å². The predicted molar refractivity (Wildman–Crippen MR) is 66.2 cm³/mol. The number of hydrogen-bond acceptors (Lipinski definition) is 2. The van der Waals surface area contributed by atoms with Crippen molar-refractivity contribution in [2.45, 2.75) is 25.7 Å². The summed E-state index contributed by atoms with van der Waals surface area (Å²) >= 11 is 0. The number of carbonyl (C=O) groups is 1. The molecule has 106 valence electrons. The minimum atomic E-state index is -1.63. The summed E-state index contributed by atoms with van der Waals surface area (Å²) < 4.78 is 38.9. The number of nitrogens with two attached hydrogens (primary N) is 1. The lowest BCUT2D eigenvalue weighted by Crippen LogP contribution is -2.26. The van der Waals surface area contributed by atoms with E-state index in [0.717, 1.165) is 37.8 Å². The Balaban J connectivity index is 2.44. The van der Waals surface area contributed by atoms with Crippen LogP contribution in [-0.4, -0.2) is 19.0 Å². The van der Waals surface area contributed by atoms with Crippen molar-refractivity contribution in [2.24, 2.45) is 5.73 Å². The Labute approximate surface area is 110 Å². The van der Waals surface area contributed by atoms with Gasteiger partial charge in [0.1, 0.15) is 0 Å². The van der Waals surface area contributed by atoms with Crippen LogP contribution in [0.25, 0.3) is 0 Å². The zero-order chi connectivity index (χ0) is 14.3. The molecule has 0 radical (unpaired) electrons. The molecule has 0 aliphatic heterocycles. The van der Waals surface area contributed by atoms with E-state index >= 15 is 0 Å². The molecule has 19 heavy (non-hydrogen) atoms. The molecule has 6 heteroatoms. The Morgan fingerprint density at radius 2 is 1.74 bits per heavy atom. The topological polar surface area (TPSA) is 55.1 Å². The van der Waals surface area contributed by atoms with Crippen LogP contribution in [0.2, 0.25) is 0 Å². The highest BCUT2D eigenvalue weighted by Gasteiger charge is 2.18. The molecule has 0 fully saturated rings. The van der Waals surface area contributed by atoms with Crippen molar-refractivity contribution in [3.8, 4) is 0 Å². The molecule has 0 spiro atoms. The van der Waals surface area contributed by atoms with Crippen LogP contribution >= 0.6 is 0 Å². The van der Waals surface area contributed by atoms with Crippen LogP contribution in [0.3, 0.4) is 0 Å². The quantitative estimate of drug-likeness (QED) is 0.592. The Hall–Kier alpha value is -1.56. The molecule has 0 atom stereocenters. The van der Waals surface area contributed by atoms with Crippen molar-refractivity contribution in [2.75, 3.05) is 13.1 Å². The number of benzene rings is 1. The molecule has 0 heterocycles. The van der Waals surface area contributed by atoms with Gasteiger partial charge in [-0.25, -0.2) is 13.2 Å². The first kappa shape index (κ1) is 15.5. The number of halogens is 3. The summed E-state index contributed by atoms with van der Waals surface area (Å²) in [7, 11) is 0. The van der Waals surface area contributed by atoms with Crippen LogP contribution in [-0.2, 0) is 0 Å². The van der Waals surface area contributed by atoms with E-state index in [9.17, 15) is 18.0 Å². The van der Waals surface area contributed by atoms with Gasteiger partial charge in [0.05, 0.1) is 5.56 Å². The van der Waals surface area contributed by atoms with Gasteiger partial charge >= 0.3 is 0 Å². The Bertz CT molecular complexity index is 438. The lowest BCUT2D eigenvalue weighted by molar-refractivity contribution is 0.0947. The van der Waals surface area contributed by atoms with E-state index in [0.29, 0.717) is 13.1 Å². The first-order valence-corrected chi connectivity index (χ1v) is 6.19. The lowest BCUT2D eigenvalue weighted by atomic mass is 10.1. The summed E-state index contributed by atoms with van der Waals surface area (Å²) in [5.41, 5.74) is 4.85. The Kier molecular flexibility index (Phi) is 6.35. The maximum absolute atomic E-state index is 13.3. The lowest BCUT2D eigenvalue weighted by Gasteiger charge is -2.06. The number of unbranched alkanes of at least 4 members (excludes halogenated alkanes) is 3. The van der Waals surface area contributed by atoms with Gasteiger partial charge in [0.25, 0.3) is 5.91 Å². The fourth-order valence-corrected chi connectivity index (χ4v) is 1.62. The summed E-state index contributed by atoms with van der Waals surface area (Å²) in [5, 5.41) is 2.46. The molecule has 1 aromatic carbocycles. The van der Waals surface area contributed by atoms with Gasteiger partial charge in [-0.1, -0.05) is 12.8 Å². The van der Waals surface area contributed by atoms with Gasteiger partial charge in [0.2, 0.25) is 0 Å². The van der Waals surface area contributed by atoms with Crippen LogP contribution in [0.1, 0.15) is 36.0 Å². The first-order valence-electron chi connectivity index (χ1n) is 6.19. The summed E-state index contributed by atoms with van der Waals surface area (Å²) in [5.74, 6) is -5.14. The maximum atomic E-state index is 13.3. The molecule has 1 amide bonds. The minimum Gasteiger partial charge on any atom is -0.352 e. The zero-order valence-electron chi connectivity index (χ0n) is 10.5. The Morgan fingerprint density at radius 1 is 1.05 bits per heavy atom. The van der Waals surface area contributed by atoms with E-state index in [1.165, 1.54) is 0 Å². The van der Waals surface area contributed by atoms with Crippen LogP contribution in [0.15, 0.2) is 12.1 Å². The summed E-state index contributed by atoms with van der Waals surface area (Å²) in [4.78, 5) is 11.6. The summed E-state index contributed by atoms with van der Waals surface area (Å²) in [6.07, 6.45) is 3.52. The first-order chi connectivity index (χ1) is 9.07. The van der Waals surface area contributed by atoms with Crippen LogP contribution in [0.5, 0.6) is 0 Å². The molecule has 0 unspecified atom stereocenters. The van der Waals surface area contributed by atoms with Crippen molar-refractivity contribution in [1.29, 1.82) is 0 Å². The molecule has 3 nitrogen and oxygen atoms in total. The van der Waals surface area contributed by atoms with Gasteiger partial charge in [-0.05, 0) is 31.5 Å². The third kappa shape index (κ3) is 4.55. The molecule has 1 rings (SSSR count). The van der Waals surface area contributed by atoms with E-state index in [2.05, 4.69) is 5.32 Å². The third-order valence-corrected chi connectivity index (χ3v) is 2.70. The normalized spacial score (nSPS) is 10.5. The van der Waals surface area contributed by atoms with Gasteiger partial charge in [-0.15, -0.1) is 0 Å². The van der Waals surface area contributed by atoms with Gasteiger partial charge < -0.3 is 11.1 Å². The minimum absolute atomic E-state index is 0.363. The molecule has 0 aromatic heterocycles. The van der Waals surface area contributed by atoms with E-state index in [1.807, 2.05) is 0 Å². The Morgan fingerprint density at radius 3 is 2.42 bits per heavy atom. The highest BCUT2D eigenvalue weighted by molar-refractivity contribution is 5.94. The van der Waals surface area contributed by atoms with Gasteiger partial charge in [-0.2, -0.15) is 0 Å². The molecule has 3 N–H and O–H groups in total. The molecular weight excluding hydrogens is 257 g/mol. The standard InChI is InChI=1S/C13H17F3N2O/c14-10-6-5-9(11(15)12(10)16)13(19)18-8-4-2-1-3-7-17/h5-6H,1-4,7-8,17H2,(H,18,19). The molecule has 0 saturated carbocycles. The van der Waals surface area contributed by atoms with E-state index in [4.69, 9.17) is 5.73 Å². The smallest absolute Gasteiger partial charge is 0.254 e. The molecule has 0 bridgehead atoms. The SMILES string of the molecule is NCCCCCCNC(=O)c1ccc(F)c(F)c1F. The van der Waals surface area contributed by atoms with E-state index in [-0.39, 0.29) is 0 Å². The molecule has 0 aliphatic rings. The molecular formula is C13H17F3N2O. The molecule has 0 saturated heterocycles. The fourth-order valence-electron chi connectivity index (χ4n) is 1.62. The van der Waals surface area contributed by atoms with Crippen molar-refractivity contribution in [1.82, 2.24) is 5.32 Å². The average Bonchev–Trinajstić information content (AvgIpc) is 2.40. The van der Waals surface area contributed by atoms with Crippen molar-refractivity contribution in [3.05, 3.63) is 35.1 Å². The third-order valence-electron chi connectivity index (χ3n) is 2.70. The zero-order valence-corrected chi connectivity index (χ0v) is 10.5. The van der Waals surface area contributed by atoms with Crippen LogP contribution < -0.4 is 11.1 Å². The highest BCUT2D eigenvalue weighted by atomic mass is 19.2. The van der Waals surface area contributed by atoms with E-state index in [1.54, 1.807) is 0 Å². The highest BCUT2D eigenvalue weighted by Crippen LogP contribution is 2.14. The average molecular weight is 274 g/mol. The fraction of sp³-hybridized carbons (Fsp3) is 0.462. The molecule has 0 aliphatic carbocycles. The molecule has 1 aromatic rings. The second-order valence-corrected chi connectivity index (χ2v) is 4.18. The van der Waals surface area contributed by atoms with Crippen molar-refractivity contribution in [3.63, 3.8) is 0 Å². The number of carbonyl (C=O) groups excluding carboxylic acids is 1. The van der Waals surface area contributed by atoms with Crippen molar-refractivity contribution < 1.29 is 18.0 Å². The monoisotopic (exact) mass is 274 g/mol. The second-order valence-electron chi connectivity index (χ2n) is 4.18. The van der Waals surface area contributed by atoms with Gasteiger partial charge in [0.15, 0.2) is 17.5 Å². The summed E-state index contributed by atoms with van der Waals surface area (Å²) in [6.45, 7) is 0.994. The number of rotatable bonds is 7. The van der Waals surface area contributed by atoms with Gasteiger partial charge in [-0.3, -0.25) is 4.79 Å². The van der Waals surface area contributed by atoms with Crippen LogP contribution in [0, 0.1) is 17.5 Å². The van der Waals surface area contributed by atoms with E-state index < -0.39 is 28.9 Å². The predicted octanol–water partition coefficient (Wildman–Crippen LogP) is 2.35. The second kappa shape index (κ2) is 7.78. The number of hydrogen-bond donors (Lipinski definition) is 2. The van der Waals surface area contributed by atoms with Crippen molar-refractivity contribution >= 4 is 5.91 Å². The number of nitrogens with one attached hydrogen (secondary N) is 1. The maximum Gasteiger partial charge on any atom is 0.254 e. The number of amides is 1. The largest absolute Gasteiger partial charge is 0.352 e. The summed E-state index contributed by atoms with van der Waals surface area (Å²) in [6, 6.07) is 1.66.